The van der Waals surface area contributed by atoms with Crippen molar-refractivity contribution in [1.82, 2.24) is 5.01 Å². The van der Waals surface area contributed by atoms with Crippen molar-refractivity contribution in [3.05, 3.63) is 33.9 Å². The molecule has 0 radical (unpaired) electrons. The zero-order valence-corrected chi connectivity index (χ0v) is 10.8. The van der Waals surface area contributed by atoms with Crippen LogP contribution in [0.2, 0.25) is 0 Å². The van der Waals surface area contributed by atoms with E-state index >= 15 is 0 Å². The summed E-state index contributed by atoms with van der Waals surface area (Å²) in [4.78, 5) is 22.2. The molecule has 2 rings (SSSR count). The monoisotopic (exact) mass is 265 g/mol. The molecule has 0 saturated carbocycles. The molecule has 1 aromatic rings. The number of non-ortho nitro benzene ring substituents is 1. The minimum atomic E-state index is -0.461. The van der Waals surface area contributed by atoms with Crippen molar-refractivity contribution < 1.29 is 14.5 Å². The SMILES string of the molecule is CCOC(=O)N1c2ccc([N+](=O)[O-])cc2CN1CC. The first kappa shape index (κ1) is 13.3. The van der Waals surface area contributed by atoms with Gasteiger partial charge in [-0.25, -0.2) is 14.8 Å². The minimum Gasteiger partial charge on any atom is -0.448 e. The third kappa shape index (κ3) is 2.37. The van der Waals surface area contributed by atoms with E-state index in [1.807, 2.05) is 6.92 Å². The summed E-state index contributed by atoms with van der Waals surface area (Å²) < 4.78 is 5.00. The van der Waals surface area contributed by atoms with Gasteiger partial charge in [-0.2, -0.15) is 0 Å². The molecule has 0 fully saturated rings. The van der Waals surface area contributed by atoms with Gasteiger partial charge >= 0.3 is 6.09 Å². The zero-order chi connectivity index (χ0) is 14.0. The largest absolute Gasteiger partial charge is 0.448 e. The van der Waals surface area contributed by atoms with Gasteiger partial charge in [0.1, 0.15) is 0 Å². The Kier molecular flexibility index (Phi) is 3.66. The second-order valence-electron chi connectivity index (χ2n) is 4.06. The number of hydrogen-bond acceptors (Lipinski definition) is 5. The molecular formula is C12H15N3O4. The normalized spacial score (nSPS) is 14.3. The van der Waals surface area contributed by atoms with Gasteiger partial charge in [0.15, 0.2) is 0 Å². The molecule has 1 heterocycles. The van der Waals surface area contributed by atoms with Crippen LogP contribution in [-0.2, 0) is 11.3 Å². The Hall–Kier alpha value is -2.15. The molecule has 0 atom stereocenters. The number of anilines is 1. The fraction of sp³-hybridized carbons (Fsp3) is 0.417. The van der Waals surface area contributed by atoms with Crippen LogP contribution in [0.4, 0.5) is 16.2 Å². The number of benzene rings is 1. The van der Waals surface area contributed by atoms with Crippen LogP contribution in [0.15, 0.2) is 18.2 Å². The lowest BCUT2D eigenvalue weighted by Gasteiger charge is -2.26. The molecule has 0 bridgehead atoms. The summed E-state index contributed by atoms with van der Waals surface area (Å²) >= 11 is 0. The van der Waals surface area contributed by atoms with Crippen molar-refractivity contribution in [2.75, 3.05) is 18.2 Å². The van der Waals surface area contributed by atoms with E-state index in [1.165, 1.54) is 17.1 Å². The van der Waals surface area contributed by atoms with E-state index in [0.717, 1.165) is 5.56 Å². The quantitative estimate of drug-likeness (QED) is 0.619. The number of carbonyl (C=O) groups is 1. The van der Waals surface area contributed by atoms with E-state index in [-0.39, 0.29) is 12.3 Å². The van der Waals surface area contributed by atoms with Crippen molar-refractivity contribution >= 4 is 17.5 Å². The standard InChI is InChI=1S/C12H15N3O4/c1-3-13-8-9-7-10(15(17)18)5-6-11(9)14(13)12(16)19-4-2/h5-7H,3-4,8H2,1-2H3. The average molecular weight is 265 g/mol. The smallest absolute Gasteiger partial charge is 0.429 e. The second kappa shape index (κ2) is 5.23. The number of fused-ring (bicyclic) bond motifs is 1. The van der Waals surface area contributed by atoms with E-state index in [4.69, 9.17) is 4.74 Å². The highest BCUT2D eigenvalue weighted by molar-refractivity contribution is 5.89. The Morgan fingerprint density at radius 2 is 2.21 bits per heavy atom. The molecule has 1 amide bonds. The third-order valence-electron chi connectivity index (χ3n) is 2.94. The number of carbonyl (C=O) groups excluding carboxylic acids is 1. The van der Waals surface area contributed by atoms with E-state index in [1.54, 1.807) is 18.0 Å². The van der Waals surface area contributed by atoms with Gasteiger partial charge in [0.25, 0.3) is 5.69 Å². The molecule has 0 spiro atoms. The zero-order valence-electron chi connectivity index (χ0n) is 10.8. The number of ether oxygens (including phenoxy) is 1. The van der Waals surface area contributed by atoms with Crippen molar-refractivity contribution in [2.24, 2.45) is 0 Å². The maximum absolute atomic E-state index is 11.9. The Bertz CT molecular complexity index is 518. The van der Waals surface area contributed by atoms with Gasteiger partial charge in [-0.3, -0.25) is 10.1 Å². The first-order chi connectivity index (χ1) is 9.08. The Morgan fingerprint density at radius 1 is 1.47 bits per heavy atom. The highest BCUT2D eigenvalue weighted by Crippen LogP contribution is 2.34. The van der Waals surface area contributed by atoms with E-state index < -0.39 is 11.0 Å². The van der Waals surface area contributed by atoms with Crippen molar-refractivity contribution in [3.63, 3.8) is 0 Å². The number of hydrazine groups is 1. The molecule has 0 saturated heterocycles. The van der Waals surface area contributed by atoms with Crippen LogP contribution in [0, 0.1) is 10.1 Å². The summed E-state index contributed by atoms with van der Waals surface area (Å²) in [5.74, 6) is 0. The third-order valence-corrected chi connectivity index (χ3v) is 2.94. The average Bonchev–Trinajstić information content (AvgIpc) is 2.76. The van der Waals surface area contributed by atoms with Crippen LogP contribution in [0.5, 0.6) is 0 Å². The molecule has 0 aliphatic carbocycles. The number of amides is 1. The molecule has 19 heavy (non-hydrogen) atoms. The first-order valence-corrected chi connectivity index (χ1v) is 6.07. The van der Waals surface area contributed by atoms with Crippen LogP contribution in [0.1, 0.15) is 19.4 Å². The lowest BCUT2D eigenvalue weighted by Crippen LogP contribution is -2.42. The van der Waals surface area contributed by atoms with Crippen LogP contribution >= 0.6 is 0 Å². The molecule has 0 unspecified atom stereocenters. The van der Waals surface area contributed by atoms with Crippen molar-refractivity contribution in [3.8, 4) is 0 Å². The first-order valence-electron chi connectivity index (χ1n) is 6.07. The van der Waals surface area contributed by atoms with Crippen LogP contribution < -0.4 is 5.01 Å². The summed E-state index contributed by atoms with van der Waals surface area (Å²) in [5.41, 5.74) is 1.43. The molecule has 102 valence electrons. The predicted octanol–water partition coefficient (Wildman–Crippen LogP) is 2.31. The van der Waals surface area contributed by atoms with Gasteiger partial charge in [0, 0.05) is 30.8 Å². The van der Waals surface area contributed by atoms with Crippen molar-refractivity contribution in [1.29, 1.82) is 0 Å². The Labute approximate surface area is 110 Å². The lowest BCUT2D eigenvalue weighted by atomic mass is 10.1. The van der Waals surface area contributed by atoms with Crippen molar-refractivity contribution in [2.45, 2.75) is 20.4 Å². The lowest BCUT2D eigenvalue weighted by molar-refractivity contribution is -0.384. The molecule has 0 aromatic heterocycles. The minimum absolute atomic E-state index is 0.0283. The number of rotatable bonds is 3. The van der Waals surface area contributed by atoms with Gasteiger partial charge in [0.05, 0.1) is 17.2 Å². The number of nitro benzene ring substituents is 1. The molecular weight excluding hydrogens is 250 g/mol. The maximum atomic E-state index is 11.9. The Morgan fingerprint density at radius 3 is 2.79 bits per heavy atom. The summed E-state index contributed by atoms with van der Waals surface area (Å²) in [6.45, 7) is 5.01. The number of nitrogens with zero attached hydrogens (tertiary/aromatic N) is 3. The summed E-state index contributed by atoms with van der Waals surface area (Å²) in [5, 5.41) is 14.0. The summed E-state index contributed by atoms with van der Waals surface area (Å²) in [7, 11) is 0. The Balaban J connectivity index is 2.37. The molecule has 1 aliphatic heterocycles. The van der Waals surface area contributed by atoms with E-state index in [2.05, 4.69) is 0 Å². The molecule has 0 N–H and O–H groups in total. The van der Waals surface area contributed by atoms with E-state index in [9.17, 15) is 14.9 Å². The second-order valence-corrected chi connectivity index (χ2v) is 4.06. The van der Waals surface area contributed by atoms with Crippen LogP contribution in [0.3, 0.4) is 0 Å². The van der Waals surface area contributed by atoms with Gasteiger partial charge in [-0.05, 0) is 13.0 Å². The summed E-state index contributed by atoms with van der Waals surface area (Å²) in [6, 6.07) is 4.47. The van der Waals surface area contributed by atoms with Crippen LogP contribution in [-0.4, -0.2) is 29.2 Å². The summed E-state index contributed by atoms with van der Waals surface area (Å²) in [6.07, 6.45) is -0.461. The van der Waals surface area contributed by atoms with Gasteiger partial charge < -0.3 is 4.74 Å². The molecule has 1 aromatic carbocycles. The van der Waals surface area contributed by atoms with Gasteiger partial charge in [-0.15, -0.1) is 0 Å². The topological polar surface area (TPSA) is 75.9 Å². The predicted molar refractivity (Wildman–Crippen MR) is 68.7 cm³/mol. The van der Waals surface area contributed by atoms with Crippen LogP contribution in [0.25, 0.3) is 0 Å². The number of nitro groups is 1. The molecule has 1 aliphatic rings. The molecule has 7 nitrogen and oxygen atoms in total. The highest BCUT2D eigenvalue weighted by atomic mass is 16.6. The fourth-order valence-corrected chi connectivity index (χ4v) is 2.09. The molecule has 7 heteroatoms. The van der Waals surface area contributed by atoms with E-state index in [0.29, 0.717) is 18.8 Å². The fourth-order valence-electron chi connectivity index (χ4n) is 2.09. The van der Waals surface area contributed by atoms with Gasteiger partial charge in [-0.1, -0.05) is 6.92 Å². The number of hydrogen-bond donors (Lipinski definition) is 0. The maximum Gasteiger partial charge on any atom is 0.429 e. The highest BCUT2D eigenvalue weighted by Gasteiger charge is 2.33. The van der Waals surface area contributed by atoms with Gasteiger partial charge in [0.2, 0.25) is 0 Å².